The molecular weight excluding hydrogens is 396 g/mol. The Balaban J connectivity index is 1.23. The van der Waals surface area contributed by atoms with Crippen LogP contribution in [0.25, 0.3) is 0 Å². The van der Waals surface area contributed by atoms with Gasteiger partial charge >= 0.3 is 0 Å². The molecule has 1 N–H and O–H groups in total. The molecule has 2 amide bonds. The zero-order valence-corrected chi connectivity index (χ0v) is 18.2. The molecule has 0 aromatic heterocycles. The fraction of sp³-hybridized carbons (Fsp3) is 0.286. The third-order valence-electron chi connectivity index (χ3n) is 7.56. The Morgan fingerprint density at radius 1 is 0.938 bits per heavy atom. The smallest absolute Gasteiger partial charge is 0.251 e. The minimum Gasteiger partial charge on any atom is -0.352 e. The van der Waals surface area contributed by atoms with Crippen molar-refractivity contribution in [3.05, 3.63) is 100 Å². The van der Waals surface area contributed by atoms with Crippen molar-refractivity contribution < 1.29 is 9.59 Å². The van der Waals surface area contributed by atoms with Crippen molar-refractivity contribution in [2.75, 3.05) is 18.0 Å². The monoisotopic (exact) mass is 422 g/mol. The first-order chi connectivity index (χ1) is 15.6. The summed E-state index contributed by atoms with van der Waals surface area (Å²) in [6.07, 6.45) is 1.87. The molecule has 1 heterocycles. The van der Waals surface area contributed by atoms with E-state index in [0.717, 1.165) is 24.1 Å². The molecule has 1 atom stereocenters. The van der Waals surface area contributed by atoms with Gasteiger partial charge in [0.05, 0.1) is 0 Å². The number of benzene rings is 3. The second-order valence-electron chi connectivity index (χ2n) is 9.26. The number of fused-ring (bicyclic) bond motifs is 2. The fourth-order valence-electron chi connectivity index (χ4n) is 6.16. The lowest BCUT2D eigenvalue weighted by Gasteiger charge is -2.45. The van der Waals surface area contributed by atoms with Crippen LogP contribution in [-0.2, 0) is 11.2 Å². The zero-order valence-electron chi connectivity index (χ0n) is 18.2. The highest BCUT2D eigenvalue weighted by atomic mass is 16.2. The Labute approximate surface area is 188 Å². The highest BCUT2D eigenvalue weighted by molar-refractivity contribution is 5.97. The van der Waals surface area contributed by atoms with E-state index in [2.05, 4.69) is 53.8 Å². The summed E-state index contributed by atoms with van der Waals surface area (Å²) in [6, 6.07) is 23.3. The topological polar surface area (TPSA) is 49.4 Å². The van der Waals surface area contributed by atoms with Crippen molar-refractivity contribution in [2.45, 2.75) is 31.6 Å². The Bertz CT molecular complexity index is 1200. The van der Waals surface area contributed by atoms with Gasteiger partial charge in [-0.25, -0.2) is 0 Å². The fourth-order valence-corrected chi connectivity index (χ4v) is 6.16. The van der Waals surface area contributed by atoms with Gasteiger partial charge in [-0.1, -0.05) is 48.5 Å². The van der Waals surface area contributed by atoms with E-state index in [0.29, 0.717) is 36.4 Å². The second-order valence-corrected chi connectivity index (χ2v) is 9.26. The summed E-state index contributed by atoms with van der Waals surface area (Å²) in [5, 5.41) is 3.22. The average molecular weight is 423 g/mol. The molecule has 3 aromatic rings. The van der Waals surface area contributed by atoms with Crippen LogP contribution >= 0.6 is 0 Å². The molecule has 4 aliphatic rings. The zero-order chi connectivity index (χ0) is 21.8. The van der Waals surface area contributed by atoms with Crippen LogP contribution in [0.3, 0.4) is 0 Å². The van der Waals surface area contributed by atoms with Crippen LogP contribution < -0.4 is 10.2 Å². The first-order valence-electron chi connectivity index (χ1n) is 11.5. The Hall–Kier alpha value is -3.40. The first kappa shape index (κ1) is 19.3. The normalized spacial score (nSPS) is 22.2. The number of rotatable bonds is 3. The maximum Gasteiger partial charge on any atom is 0.251 e. The van der Waals surface area contributed by atoms with Gasteiger partial charge in [0.15, 0.2) is 0 Å². The summed E-state index contributed by atoms with van der Waals surface area (Å²) < 4.78 is 0. The molecule has 32 heavy (non-hydrogen) atoms. The van der Waals surface area contributed by atoms with E-state index in [-0.39, 0.29) is 11.8 Å². The highest BCUT2D eigenvalue weighted by Gasteiger charge is 2.42. The number of hydrogen-bond acceptors (Lipinski definition) is 2. The van der Waals surface area contributed by atoms with Gasteiger partial charge in [-0.3, -0.25) is 9.59 Å². The molecule has 160 valence electrons. The average Bonchev–Trinajstić information content (AvgIpc) is 3.26. The van der Waals surface area contributed by atoms with Crippen LogP contribution in [-0.4, -0.2) is 24.9 Å². The van der Waals surface area contributed by atoms with Gasteiger partial charge in [0.1, 0.15) is 0 Å². The van der Waals surface area contributed by atoms with E-state index in [4.69, 9.17) is 0 Å². The van der Waals surface area contributed by atoms with Crippen LogP contribution in [0.15, 0.2) is 66.7 Å². The second kappa shape index (κ2) is 7.33. The van der Waals surface area contributed by atoms with E-state index >= 15 is 0 Å². The quantitative estimate of drug-likeness (QED) is 0.669. The summed E-state index contributed by atoms with van der Waals surface area (Å²) in [7, 11) is 0. The van der Waals surface area contributed by atoms with Gasteiger partial charge in [0.2, 0.25) is 5.91 Å². The summed E-state index contributed by atoms with van der Waals surface area (Å²) in [4.78, 5) is 26.6. The molecule has 4 heteroatoms. The molecule has 0 radical (unpaired) electrons. The van der Waals surface area contributed by atoms with Crippen LogP contribution in [0.4, 0.5) is 5.69 Å². The predicted octanol–water partition coefficient (Wildman–Crippen LogP) is 4.62. The number of carbonyl (C=O) groups excluding carboxylic acids is 2. The lowest BCUT2D eigenvalue weighted by atomic mass is 9.59. The van der Waals surface area contributed by atoms with Crippen LogP contribution in [0.5, 0.6) is 0 Å². The lowest BCUT2D eigenvalue weighted by molar-refractivity contribution is -0.116. The highest BCUT2D eigenvalue weighted by Crippen LogP contribution is 2.55. The molecule has 0 fully saturated rings. The molecule has 1 aliphatic heterocycles. The van der Waals surface area contributed by atoms with Crippen LogP contribution in [0.2, 0.25) is 0 Å². The predicted molar refractivity (Wildman–Crippen MR) is 125 cm³/mol. The maximum absolute atomic E-state index is 13.0. The number of nitrogens with zero attached hydrogens (tertiary/aromatic N) is 1. The number of hydrogen-bond donors (Lipinski definition) is 1. The number of nitrogens with one attached hydrogen (secondary N) is 1. The lowest BCUT2D eigenvalue weighted by Crippen LogP contribution is -2.39. The molecule has 1 unspecified atom stereocenters. The van der Waals surface area contributed by atoms with Gasteiger partial charge in [0, 0.05) is 43.1 Å². The first-order valence-corrected chi connectivity index (χ1v) is 11.5. The van der Waals surface area contributed by atoms with Crippen LogP contribution in [0.1, 0.15) is 63.4 Å². The largest absolute Gasteiger partial charge is 0.352 e. The molecule has 0 spiro atoms. The summed E-state index contributed by atoms with van der Waals surface area (Å²) in [5.74, 6) is 1.14. The summed E-state index contributed by atoms with van der Waals surface area (Å²) in [5.41, 5.74) is 8.43. The molecule has 3 aromatic carbocycles. The van der Waals surface area contributed by atoms with Gasteiger partial charge in [-0.15, -0.1) is 0 Å². The molecular formula is C28H26N2O2. The van der Waals surface area contributed by atoms with Crippen molar-refractivity contribution in [2.24, 2.45) is 5.92 Å². The molecule has 7 rings (SSSR count). The Kier molecular flexibility index (Phi) is 4.42. The molecule has 0 saturated heterocycles. The summed E-state index contributed by atoms with van der Waals surface area (Å²) in [6.45, 7) is 2.95. The van der Waals surface area contributed by atoms with Crippen molar-refractivity contribution in [3.63, 3.8) is 0 Å². The van der Waals surface area contributed by atoms with Gasteiger partial charge in [-0.2, -0.15) is 0 Å². The van der Waals surface area contributed by atoms with E-state index < -0.39 is 0 Å². The Morgan fingerprint density at radius 3 is 2.25 bits per heavy atom. The van der Waals surface area contributed by atoms with E-state index in [1.807, 2.05) is 18.2 Å². The van der Waals surface area contributed by atoms with E-state index in [9.17, 15) is 9.59 Å². The van der Waals surface area contributed by atoms with Gasteiger partial charge in [0.25, 0.3) is 5.91 Å². The molecule has 0 saturated carbocycles. The van der Waals surface area contributed by atoms with Crippen molar-refractivity contribution >= 4 is 17.5 Å². The minimum absolute atomic E-state index is 0.0305. The van der Waals surface area contributed by atoms with Crippen molar-refractivity contribution in [3.8, 4) is 0 Å². The number of amides is 2. The standard InChI is InChI=1S/C28H26N2O2/c1-17(31)30-13-12-18-14-19(10-11-26(18)30)28(32)29-16-20-15-25-21-6-2-4-8-23(21)27(20)24-9-5-3-7-22(24)25/h2-11,14,20,25,27H,12-13,15-16H2,1H3,(H,29,32). The number of anilines is 1. The Morgan fingerprint density at radius 2 is 1.59 bits per heavy atom. The van der Waals surface area contributed by atoms with Gasteiger partial charge in [-0.05, 0) is 64.8 Å². The van der Waals surface area contributed by atoms with E-state index in [1.54, 1.807) is 11.8 Å². The SMILES string of the molecule is CC(=O)N1CCc2cc(C(=O)NCC3CC4c5ccccc5C3c3ccccc34)ccc21. The van der Waals surface area contributed by atoms with Crippen molar-refractivity contribution in [1.82, 2.24) is 5.32 Å². The summed E-state index contributed by atoms with van der Waals surface area (Å²) >= 11 is 0. The maximum atomic E-state index is 13.0. The third-order valence-corrected chi connectivity index (χ3v) is 7.56. The molecule has 4 nitrogen and oxygen atoms in total. The van der Waals surface area contributed by atoms with E-state index in [1.165, 1.54) is 22.3 Å². The molecule has 2 bridgehead atoms. The molecule has 3 aliphatic carbocycles. The van der Waals surface area contributed by atoms with Gasteiger partial charge < -0.3 is 10.2 Å². The van der Waals surface area contributed by atoms with Crippen molar-refractivity contribution in [1.29, 1.82) is 0 Å². The van der Waals surface area contributed by atoms with Crippen LogP contribution in [0, 0.1) is 5.92 Å². The third kappa shape index (κ3) is 2.89. The number of carbonyl (C=O) groups is 2. The minimum atomic E-state index is -0.0305.